The van der Waals surface area contributed by atoms with Gasteiger partial charge in [0.1, 0.15) is 11.6 Å². The second-order valence-corrected chi connectivity index (χ2v) is 7.41. The molecule has 3 N–H and O–H groups in total. The van der Waals surface area contributed by atoms with Crippen LogP contribution in [0.4, 0.5) is 17.5 Å². The molecule has 1 aromatic heterocycles. The van der Waals surface area contributed by atoms with Crippen molar-refractivity contribution in [2.75, 3.05) is 44.4 Å². The Bertz CT molecular complexity index is 775. The Balaban J connectivity index is 1.66. The quantitative estimate of drug-likeness (QED) is 0.613. The highest BCUT2D eigenvalue weighted by molar-refractivity contribution is 5.58. The van der Waals surface area contributed by atoms with E-state index in [1.165, 1.54) is 25.9 Å². The van der Waals surface area contributed by atoms with Crippen LogP contribution >= 0.6 is 0 Å². The highest BCUT2D eigenvalue weighted by Gasteiger charge is 2.15. The summed E-state index contributed by atoms with van der Waals surface area (Å²) in [7, 11) is 3.56. The third-order valence-electron chi connectivity index (χ3n) is 5.02. The second-order valence-electron chi connectivity index (χ2n) is 7.41. The summed E-state index contributed by atoms with van der Waals surface area (Å²) < 4.78 is 5.55. The first-order valence-electron chi connectivity index (χ1n) is 10.0. The van der Waals surface area contributed by atoms with Gasteiger partial charge in [0.15, 0.2) is 0 Å². The minimum absolute atomic E-state index is 0.428. The van der Waals surface area contributed by atoms with E-state index in [-0.39, 0.29) is 0 Å². The molecule has 2 heterocycles. The van der Waals surface area contributed by atoms with Crippen molar-refractivity contribution in [2.45, 2.75) is 39.3 Å². The zero-order valence-corrected chi connectivity index (χ0v) is 17.4. The third kappa shape index (κ3) is 5.56. The monoisotopic (exact) mass is 384 g/mol. The van der Waals surface area contributed by atoms with Gasteiger partial charge in [0, 0.05) is 49.2 Å². The second kappa shape index (κ2) is 9.71. The van der Waals surface area contributed by atoms with E-state index in [9.17, 15) is 0 Å². The van der Waals surface area contributed by atoms with Gasteiger partial charge in [-0.05, 0) is 58.0 Å². The Hall–Kier alpha value is -2.38. The number of nitrogens with one attached hydrogen (secondary N) is 3. The summed E-state index contributed by atoms with van der Waals surface area (Å²) in [5.41, 5.74) is 2.97. The first-order valence-corrected chi connectivity index (χ1v) is 10.0. The van der Waals surface area contributed by atoms with Gasteiger partial charge < -0.3 is 25.6 Å². The van der Waals surface area contributed by atoms with Gasteiger partial charge >= 0.3 is 0 Å². The van der Waals surface area contributed by atoms with Crippen LogP contribution in [-0.4, -0.2) is 54.7 Å². The van der Waals surface area contributed by atoms with Gasteiger partial charge in [-0.3, -0.25) is 0 Å². The van der Waals surface area contributed by atoms with Crippen LogP contribution in [0.1, 0.15) is 31.0 Å². The average molecular weight is 385 g/mol. The molecule has 0 amide bonds. The minimum atomic E-state index is 0.428. The first kappa shape index (κ1) is 20.4. The lowest BCUT2D eigenvalue weighted by Gasteiger charge is -2.22. The standard InChI is InChI=1S/C21H32N6O/c1-15-11-20(22-3)26-21(24-15)25-18-7-8-19(28-4)17(12-18)13-23-16(2)14-27-9-5-6-10-27/h7-8,11-12,16,23H,5-6,9-10,13-14H2,1-4H3,(H2,22,24,25,26)/t16-/m1/s1. The van der Waals surface area contributed by atoms with Crippen LogP contribution in [-0.2, 0) is 6.54 Å². The van der Waals surface area contributed by atoms with Crippen molar-refractivity contribution in [1.82, 2.24) is 20.2 Å². The van der Waals surface area contributed by atoms with Crippen molar-refractivity contribution in [2.24, 2.45) is 0 Å². The van der Waals surface area contributed by atoms with E-state index >= 15 is 0 Å². The van der Waals surface area contributed by atoms with Gasteiger partial charge in [-0.15, -0.1) is 0 Å². The van der Waals surface area contributed by atoms with Crippen LogP contribution in [0.2, 0.25) is 0 Å². The lowest BCUT2D eigenvalue weighted by Crippen LogP contribution is -2.37. The molecule has 152 valence electrons. The fourth-order valence-electron chi connectivity index (χ4n) is 3.58. The Kier molecular flexibility index (Phi) is 7.06. The Morgan fingerprint density at radius 2 is 1.96 bits per heavy atom. The molecule has 28 heavy (non-hydrogen) atoms. The number of rotatable bonds is 9. The van der Waals surface area contributed by atoms with Crippen molar-refractivity contribution in [3.05, 3.63) is 35.5 Å². The number of hydrogen-bond donors (Lipinski definition) is 3. The predicted octanol–water partition coefficient (Wildman–Crippen LogP) is 3.15. The van der Waals surface area contributed by atoms with Crippen LogP contribution in [0.25, 0.3) is 0 Å². The zero-order chi connectivity index (χ0) is 19.9. The molecule has 2 aromatic rings. The molecule has 7 nitrogen and oxygen atoms in total. The summed E-state index contributed by atoms with van der Waals surface area (Å²) >= 11 is 0. The lowest BCUT2D eigenvalue weighted by molar-refractivity contribution is 0.297. The highest BCUT2D eigenvalue weighted by Crippen LogP contribution is 2.25. The Labute approximate surface area is 167 Å². The van der Waals surface area contributed by atoms with Crippen molar-refractivity contribution >= 4 is 17.5 Å². The molecule has 1 aromatic carbocycles. The van der Waals surface area contributed by atoms with Crippen molar-refractivity contribution in [3.63, 3.8) is 0 Å². The van der Waals surface area contributed by atoms with Gasteiger partial charge in [0.2, 0.25) is 5.95 Å². The van der Waals surface area contributed by atoms with Crippen LogP contribution in [0.15, 0.2) is 24.3 Å². The summed E-state index contributed by atoms with van der Waals surface area (Å²) in [6, 6.07) is 8.41. The third-order valence-corrected chi connectivity index (χ3v) is 5.02. The smallest absolute Gasteiger partial charge is 0.229 e. The molecular formula is C21H32N6O. The molecule has 1 fully saturated rings. The van der Waals surface area contributed by atoms with Gasteiger partial charge in [-0.2, -0.15) is 4.98 Å². The topological polar surface area (TPSA) is 74.3 Å². The van der Waals surface area contributed by atoms with E-state index in [0.29, 0.717) is 12.0 Å². The predicted molar refractivity (Wildman–Crippen MR) is 115 cm³/mol. The summed E-state index contributed by atoms with van der Waals surface area (Å²) in [5, 5.41) is 9.99. The molecule has 1 atom stereocenters. The van der Waals surface area contributed by atoms with Gasteiger partial charge in [0.25, 0.3) is 0 Å². The molecule has 0 aliphatic carbocycles. The molecule has 0 saturated carbocycles. The van der Waals surface area contributed by atoms with Gasteiger partial charge in [-0.25, -0.2) is 4.98 Å². The van der Waals surface area contributed by atoms with E-state index in [1.807, 2.05) is 32.2 Å². The molecule has 0 radical (unpaired) electrons. The summed E-state index contributed by atoms with van der Waals surface area (Å²) in [6.45, 7) is 8.49. The first-order chi connectivity index (χ1) is 13.6. The van der Waals surface area contributed by atoms with Crippen molar-refractivity contribution < 1.29 is 4.74 Å². The van der Waals surface area contributed by atoms with E-state index in [2.05, 4.69) is 43.8 Å². The number of nitrogens with zero attached hydrogens (tertiary/aromatic N) is 3. The molecule has 7 heteroatoms. The number of aryl methyl sites for hydroxylation is 1. The van der Waals surface area contributed by atoms with Crippen LogP contribution in [0.3, 0.4) is 0 Å². The van der Waals surface area contributed by atoms with E-state index in [4.69, 9.17) is 4.74 Å². The average Bonchev–Trinajstić information content (AvgIpc) is 3.19. The highest BCUT2D eigenvalue weighted by atomic mass is 16.5. The number of aromatic nitrogens is 2. The SMILES string of the molecule is CNc1cc(C)nc(Nc2ccc(OC)c(CN[C@H](C)CN3CCCC3)c2)n1. The van der Waals surface area contributed by atoms with Crippen LogP contribution < -0.4 is 20.7 Å². The molecule has 1 saturated heterocycles. The molecule has 1 aliphatic rings. The Morgan fingerprint density at radius 3 is 2.68 bits per heavy atom. The fourth-order valence-corrected chi connectivity index (χ4v) is 3.58. The number of anilines is 3. The van der Waals surface area contributed by atoms with Crippen molar-refractivity contribution in [3.8, 4) is 5.75 Å². The molecular weight excluding hydrogens is 352 g/mol. The largest absolute Gasteiger partial charge is 0.496 e. The molecule has 0 spiro atoms. The summed E-state index contributed by atoms with van der Waals surface area (Å²) in [6.07, 6.45) is 2.65. The maximum absolute atomic E-state index is 5.55. The Morgan fingerprint density at radius 1 is 1.18 bits per heavy atom. The minimum Gasteiger partial charge on any atom is -0.496 e. The lowest BCUT2D eigenvalue weighted by atomic mass is 10.1. The molecule has 0 bridgehead atoms. The number of methoxy groups -OCH3 is 1. The van der Waals surface area contributed by atoms with Crippen LogP contribution in [0, 0.1) is 6.92 Å². The maximum atomic E-state index is 5.55. The van der Waals surface area contributed by atoms with E-state index in [1.54, 1.807) is 7.11 Å². The number of likely N-dealkylation sites (tertiary alicyclic amines) is 1. The molecule has 1 aliphatic heterocycles. The summed E-state index contributed by atoms with van der Waals surface area (Å²) in [4.78, 5) is 11.5. The van der Waals surface area contributed by atoms with E-state index in [0.717, 1.165) is 41.6 Å². The molecule has 3 rings (SSSR count). The summed E-state index contributed by atoms with van der Waals surface area (Å²) in [5.74, 6) is 2.25. The normalized spacial score (nSPS) is 15.4. The molecule has 0 unspecified atom stereocenters. The number of hydrogen-bond acceptors (Lipinski definition) is 7. The maximum Gasteiger partial charge on any atom is 0.229 e. The number of benzene rings is 1. The fraction of sp³-hybridized carbons (Fsp3) is 0.524. The number of ether oxygens (including phenoxy) is 1. The van der Waals surface area contributed by atoms with Gasteiger partial charge in [0.05, 0.1) is 7.11 Å². The van der Waals surface area contributed by atoms with Gasteiger partial charge in [-0.1, -0.05) is 0 Å². The van der Waals surface area contributed by atoms with Crippen molar-refractivity contribution in [1.29, 1.82) is 0 Å². The zero-order valence-electron chi connectivity index (χ0n) is 17.4. The van der Waals surface area contributed by atoms with Crippen LogP contribution in [0.5, 0.6) is 5.75 Å². The van der Waals surface area contributed by atoms with E-state index < -0.39 is 0 Å².